The van der Waals surface area contributed by atoms with Gasteiger partial charge in [0.25, 0.3) is 0 Å². The summed E-state index contributed by atoms with van der Waals surface area (Å²) in [5.74, 6) is 0.885. The topological polar surface area (TPSA) is 3.24 Å². The fourth-order valence-electron chi connectivity index (χ4n) is 3.02. The number of anilines is 1. The molecule has 3 rings (SSSR count). The minimum absolute atomic E-state index is 0.885. The molecule has 1 nitrogen and oxygen atoms in total. The Balaban J connectivity index is 1.75. The first-order valence-electron chi connectivity index (χ1n) is 6.56. The van der Waals surface area contributed by atoms with Crippen LogP contribution in [0.4, 0.5) is 5.69 Å². The van der Waals surface area contributed by atoms with Gasteiger partial charge >= 0.3 is 0 Å². The van der Waals surface area contributed by atoms with Gasteiger partial charge in [0.05, 0.1) is 0 Å². The molecule has 0 unspecified atom stereocenters. The predicted octanol–water partition coefficient (Wildman–Crippen LogP) is 4.73. The van der Waals surface area contributed by atoms with Gasteiger partial charge in [0, 0.05) is 22.9 Å². The number of halogens is 1. The number of hydrogen-bond acceptors (Lipinski definition) is 1. The molecule has 2 heteroatoms. The Labute approximate surface area is 112 Å². The van der Waals surface area contributed by atoms with Gasteiger partial charge in [-0.15, -0.1) is 0 Å². The van der Waals surface area contributed by atoms with Gasteiger partial charge < -0.3 is 4.90 Å². The second kappa shape index (κ2) is 4.85. The fraction of sp³-hybridized carbons (Fsp3) is 0.467. The largest absolute Gasteiger partial charge is 0.348 e. The van der Waals surface area contributed by atoms with Crippen LogP contribution in [0.5, 0.6) is 0 Å². The number of nitrogens with zero attached hydrogens (tertiary/aromatic N) is 1. The van der Waals surface area contributed by atoms with E-state index in [1.807, 2.05) is 0 Å². The van der Waals surface area contributed by atoms with E-state index in [-0.39, 0.29) is 0 Å². The van der Waals surface area contributed by atoms with Crippen LogP contribution in [0.1, 0.15) is 32.1 Å². The van der Waals surface area contributed by atoms with Gasteiger partial charge in [0.15, 0.2) is 0 Å². The van der Waals surface area contributed by atoms with Crippen LogP contribution in [-0.4, -0.2) is 6.54 Å². The molecule has 0 aromatic heterocycles. The van der Waals surface area contributed by atoms with Crippen molar-refractivity contribution in [2.75, 3.05) is 11.4 Å². The summed E-state index contributed by atoms with van der Waals surface area (Å²) in [5, 5.41) is 0. The summed E-state index contributed by atoms with van der Waals surface area (Å²) in [6.45, 7) is 1.16. The van der Waals surface area contributed by atoms with Gasteiger partial charge in [-0.3, -0.25) is 0 Å². The van der Waals surface area contributed by atoms with Crippen LogP contribution in [0, 0.1) is 5.92 Å². The Morgan fingerprint density at radius 1 is 1.06 bits per heavy atom. The molecule has 0 atom stereocenters. The molecule has 0 radical (unpaired) electrons. The lowest BCUT2D eigenvalue weighted by Crippen LogP contribution is -2.11. The highest BCUT2D eigenvalue weighted by atomic mass is 79.9. The minimum Gasteiger partial charge on any atom is -0.348 e. The second-order valence-electron chi connectivity index (χ2n) is 5.11. The third kappa shape index (κ3) is 2.42. The Kier molecular flexibility index (Phi) is 3.24. The Morgan fingerprint density at radius 2 is 1.76 bits per heavy atom. The van der Waals surface area contributed by atoms with Gasteiger partial charge in [0.1, 0.15) is 0 Å². The fourth-order valence-corrected chi connectivity index (χ4v) is 3.29. The predicted molar refractivity (Wildman–Crippen MR) is 76.1 cm³/mol. The van der Waals surface area contributed by atoms with Gasteiger partial charge in [-0.05, 0) is 55.0 Å². The van der Waals surface area contributed by atoms with E-state index < -0.39 is 0 Å². The molecule has 0 amide bonds. The van der Waals surface area contributed by atoms with Crippen molar-refractivity contribution < 1.29 is 0 Å². The van der Waals surface area contributed by atoms with Crippen LogP contribution in [-0.2, 0) is 0 Å². The van der Waals surface area contributed by atoms with E-state index in [1.54, 1.807) is 5.57 Å². The maximum Gasteiger partial charge on any atom is 0.0406 e. The number of rotatable bonds is 2. The van der Waals surface area contributed by atoms with E-state index in [1.165, 1.54) is 37.8 Å². The molecule has 1 aromatic rings. The zero-order chi connectivity index (χ0) is 11.7. The molecule has 1 heterocycles. The van der Waals surface area contributed by atoms with Crippen molar-refractivity contribution in [2.24, 2.45) is 5.92 Å². The van der Waals surface area contributed by atoms with E-state index in [9.17, 15) is 0 Å². The van der Waals surface area contributed by atoms with Crippen LogP contribution in [0.25, 0.3) is 0 Å². The molecule has 17 heavy (non-hydrogen) atoms. The van der Waals surface area contributed by atoms with Gasteiger partial charge in [-0.1, -0.05) is 28.8 Å². The standard InChI is InChI=1S/C15H18BrN/c16-14-5-7-15(8-6-14)17-10-9-13(11-17)12-3-1-2-4-12/h5-8,11-12H,1-4,9-10H2. The molecule has 90 valence electrons. The summed E-state index contributed by atoms with van der Waals surface area (Å²) in [6.07, 6.45) is 9.36. The summed E-state index contributed by atoms with van der Waals surface area (Å²) < 4.78 is 1.15. The van der Waals surface area contributed by atoms with Gasteiger partial charge in [0.2, 0.25) is 0 Å². The Bertz CT molecular complexity index is 415. The number of benzene rings is 1. The SMILES string of the molecule is Brc1ccc(N2C=C(C3CCCC3)CC2)cc1. The molecule has 1 aliphatic carbocycles. The van der Waals surface area contributed by atoms with Crippen LogP contribution < -0.4 is 4.90 Å². The number of hydrogen-bond donors (Lipinski definition) is 0. The second-order valence-corrected chi connectivity index (χ2v) is 6.02. The molecule has 2 aliphatic rings. The molecule has 0 bridgehead atoms. The molecule has 0 N–H and O–H groups in total. The smallest absolute Gasteiger partial charge is 0.0406 e. The summed E-state index contributed by atoms with van der Waals surface area (Å²) in [4.78, 5) is 2.40. The van der Waals surface area contributed by atoms with Gasteiger partial charge in [-0.2, -0.15) is 0 Å². The van der Waals surface area contributed by atoms with Crippen LogP contribution >= 0.6 is 15.9 Å². The van der Waals surface area contributed by atoms with E-state index in [0.717, 1.165) is 16.9 Å². The summed E-state index contributed by atoms with van der Waals surface area (Å²) >= 11 is 3.49. The lowest BCUT2D eigenvalue weighted by Gasteiger charge is -2.15. The van der Waals surface area contributed by atoms with E-state index >= 15 is 0 Å². The summed E-state index contributed by atoms with van der Waals surface area (Å²) in [6, 6.07) is 8.63. The Hall–Kier alpha value is -0.760. The molecule has 1 aromatic carbocycles. The van der Waals surface area contributed by atoms with Crippen molar-refractivity contribution in [1.29, 1.82) is 0 Å². The van der Waals surface area contributed by atoms with Crippen molar-refractivity contribution in [3.05, 3.63) is 40.5 Å². The monoisotopic (exact) mass is 291 g/mol. The summed E-state index contributed by atoms with van der Waals surface area (Å²) in [5.41, 5.74) is 3.01. The average Bonchev–Trinajstić information content (AvgIpc) is 3.00. The average molecular weight is 292 g/mol. The highest BCUT2D eigenvalue weighted by molar-refractivity contribution is 9.10. The normalized spacial score (nSPS) is 21.0. The van der Waals surface area contributed by atoms with Crippen molar-refractivity contribution in [3.63, 3.8) is 0 Å². The van der Waals surface area contributed by atoms with Crippen LogP contribution in [0.3, 0.4) is 0 Å². The zero-order valence-corrected chi connectivity index (χ0v) is 11.6. The lowest BCUT2D eigenvalue weighted by molar-refractivity contribution is 0.626. The minimum atomic E-state index is 0.885. The zero-order valence-electron chi connectivity index (χ0n) is 10.0. The molecule has 1 fully saturated rings. The highest BCUT2D eigenvalue weighted by Gasteiger charge is 2.23. The first kappa shape index (κ1) is 11.3. The van der Waals surface area contributed by atoms with E-state index in [2.05, 4.69) is 51.3 Å². The van der Waals surface area contributed by atoms with Crippen molar-refractivity contribution in [2.45, 2.75) is 32.1 Å². The first-order chi connectivity index (χ1) is 8.33. The van der Waals surface area contributed by atoms with E-state index in [0.29, 0.717) is 0 Å². The van der Waals surface area contributed by atoms with E-state index in [4.69, 9.17) is 0 Å². The van der Waals surface area contributed by atoms with Gasteiger partial charge in [-0.25, -0.2) is 0 Å². The third-order valence-electron chi connectivity index (χ3n) is 4.00. The third-order valence-corrected chi connectivity index (χ3v) is 4.53. The quantitative estimate of drug-likeness (QED) is 0.761. The first-order valence-corrected chi connectivity index (χ1v) is 7.35. The molecular weight excluding hydrogens is 274 g/mol. The Morgan fingerprint density at radius 3 is 2.47 bits per heavy atom. The van der Waals surface area contributed by atoms with Crippen molar-refractivity contribution >= 4 is 21.6 Å². The molecule has 0 spiro atoms. The molecular formula is C15H18BrN. The lowest BCUT2D eigenvalue weighted by atomic mass is 9.97. The van der Waals surface area contributed by atoms with Crippen molar-refractivity contribution in [3.8, 4) is 0 Å². The van der Waals surface area contributed by atoms with Crippen molar-refractivity contribution in [1.82, 2.24) is 0 Å². The summed E-state index contributed by atoms with van der Waals surface area (Å²) in [7, 11) is 0. The van der Waals surface area contributed by atoms with Crippen LogP contribution in [0.2, 0.25) is 0 Å². The van der Waals surface area contributed by atoms with Crippen LogP contribution in [0.15, 0.2) is 40.5 Å². The molecule has 1 saturated carbocycles. The molecule has 1 aliphatic heterocycles. The maximum absolute atomic E-state index is 3.49. The molecule has 0 saturated heterocycles. The highest BCUT2D eigenvalue weighted by Crippen LogP contribution is 2.36. The maximum atomic E-state index is 3.49.